The minimum Gasteiger partial charge on any atom is -0.337 e. The summed E-state index contributed by atoms with van der Waals surface area (Å²) >= 11 is 5.79. The molecule has 0 bridgehead atoms. The number of nitrogens with zero attached hydrogens (tertiary/aromatic N) is 2. The first kappa shape index (κ1) is 17.9. The maximum absolute atomic E-state index is 13.8. The molecule has 0 aliphatic heterocycles. The lowest BCUT2D eigenvalue weighted by Crippen LogP contribution is -2.13. The van der Waals surface area contributed by atoms with Crippen LogP contribution in [-0.4, -0.2) is 9.97 Å². The molecule has 1 aromatic heterocycles. The van der Waals surface area contributed by atoms with Gasteiger partial charge >= 0.3 is 6.18 Å². The molecule has 26 heavy (non-hydrogen) atoms. The molecule has 1 heterocycles. The molecule has 3 rings (SSSR count). The normalized spacial score (nSPS) is 11.3. The highest BCUT2D eigenvalue weighted by Crippen LogP contribution is 2.35. The molecule has 0 saturated carbocycles. The predicted molar refractivity (Wildman–Crippen MR) is 91.5 cm³/mol. The minimum atomic E-state index is -4.70. The molecule has 0 unspecified atom stereocenters. The number of halogens is 5. The molecule has 4 nitrogen and oxygen atoms in total. The van der Waals surface area contributed by atoms with Gasteiger partial charge in [-0.2, -0.15) is 18.2 Å². The monoisotopic (exact) mass is 382 g/mol. The SMILES string of the molecule is Fc1ccccc1Nc1nc(Nc2ccc(Cl)cc2)ncc1C(F)(F)F. The van der Waals surface area contributed by atoms with E-state index in [2.05, 4.69) is 20.6 Å². The summed E-state index contributed by atoms with van der Waals surface area (Å²) < 4.78 is 53.4. The van der Waals surface area contributed by atoms with E-state index in [1.807, 2.05) is 0 Å². The van der Waals surface area contributed by atoms with Crippen molar-refractivity contribution in [2.24, 2.45) is 0 Å². The molecule has 0 aliphatic rings. The van der Waals surface area contributed by atoms with Crippen molar-refractivity contribution in [2.45, 2.75) is 6.18 Å². The Hall–Kier alpha value is -2.87. The van der Waals surface area contributed by atoms with Crippen LogP contribution in [0.1, 0.15) is 5.56 Å². The molecular formula is C17H11ClF4N4. The van der Waals surface area contributed by atoms with Crippen LogP contribution in [0.3, 0.4) is 0 Å². The lowest BCUT2D eigenvalue weighted by molar-refractivity contribution is -0.137. The highest BCUT2D eigenvalue weighted by Gasteiger charge is 2.35. The van der Waals surface area contributed by atoms with E-state index in [1.54, 1.807) is 24.3 Å². The first-order chi connectivity index (χ1) is 12.3. The lowest BCUT2D eigenvalue weighted by Gasteiger charge is -2.15. The van der Waals surface area contributed by atoms with Crippen LogP contribution in [0.15, 0.2) is 54.7 Å². The van der Waals surface area contributed by atoms with E-state index in [-0.39, 0.29) is 11.6 Å². The Kier molecular flexibility index (Phi) is 4.94. The van der Waals surface area contributed by atoms with E-state index in [4.69, 9.17) is 11.6 Å². The second-order valence-corrected chi connectivity index (χ2v) is 5.63. The number of aromatic nitrogens is 2. The van der Waals surface area contributed by atoms with Crippen molar-refractivity contribution >= 4 is 34.7 Å². The zero-order chi connectivity index (χ0) is 18.7. The van der Waals surface area contributed by atoms with Crippen molar-refractivity contribution in [3.05, 3.63) is 71.1 Å². The summed E-state index contributed by atoms with van der Waals surface area (Å²) in [6.45, 7) is 0. The van der Waals surface area contributed by atoms with Crippen LogP contribution in [0.2, 0.25) is 5.02 Å². The van der Waals surface area contributed by atoms with Gasteiger partial charge in [0.15, 0.2) is 0 Å². The van der Waals surface area contributed by atoms with Crippen molar-refractivity contribution in [1.29, 1.82) is 0 Å². The van der Waals surface area contributed by atoms with Crippen molar-refractivity contribution < 1.29 is 17.6 Å². The minimum absolute atomic E-state index is 0.0841. The third-order valence-corrected chi connectivity index (χ3v) is 3.57. The summed E-state index contributed by atoms with van der Waals surface area (Å²) in [7, 11) is 0. The quantitative estimate of drug-likeness (QED) is 0.562. The maximum atomic E-state index is 13.8. The summed E-state index contributed by atoms with van der Waals surface area (Å²) in [5, 5.41) is 5.65. The number of benzene rings is 2. The maximum Gasteiger partial charge on any atom is 0.421 e. The Morgan fingerprint density at radius 3 is 2.27 bits per heavy atom. The number of hydrogen-bond acceptors (Lipinski definition) is 4. The number of para-hydroxylation sites is 1. The fraction of sp³-hybridized carbons (Fsp3) is 0.0588. The first-order valence-corrected chi connectivity index (χ1v) is 7.69. The molecule has 0 fully saturated rings. The lowest BCUT2D eigenvalue weighted by atomic mass is 10.2. The molecule has 0 amide bonds. The van der Waals surface area contributed by atoms with E-state index in [9.17, 15) is 17.6 Å². The molecule has 134 valence electrons. The van der Waals surface area contributed by atoms with Gasteiger partial charge in [0, 0.05) is 16.9 Å². The molecule has 3 aromatic rings. The van der Waals surface area contributed by atoms with Gasteiger partial charge in [-0.05, 0) is 36.4 Å². The summed E-state index contributed by atoms with van der Waals surface area (Å²) in [5.74, 6) is -1.35. The Morgan fingerprint density at radius 1 is 0.923 bits per heavy atom. The Labute approximate surface area is 150 Å². The van der Waals surface area contributed by atoms with Gasteiger partial charge in [0.05, 0.1) is 5.69 Å². The zero-order valence-electron chi connectivity index (χ0n) is 13.0. The van der Waals surface area contributed by atoms with Gasteiger partial charge in [0.1, 0.15) is 17.2 Å². The fourth-order valence-electron chi connectivity index (χ4n) is 2.10. The molecule has 0 radical (unpaired) electrons. The Balaban J connectivity index is 1.96. The molecule has 0 spiro atoms. The van der Waals surface area contributed by atoms with Crippen LogP contribution in [0.4, 0.5) is 40.7 Å². The van der Waals surface area contributed by atoms with E-state index in [0.717, 1.165) is 6.07 Å². The standard InChI is InChI=1S/C17H11ClF4N4/c18-10-5-7-11(8-6-10)24-16-23-9-12(17(20,21)22)15(26-16)25-14-4-2-1-3-13(14)19/h1-9H,(H2,23,24,25,26). The number of nitrogens with one attached hydrogen (secondary N) is 2. The fourth-order valence-corrected chi connectivity index (χ4v) is 2.22. The van der Waals surface area contributed by atoms with E-state index >= 15 is 0 Å². The van der Waals surface area contributed by atoms with Crippen LogP contribution in [0.5, 0.6) is 0 Å². The Morgan fingerprint density at radius 2 is 1.62 bits per heavy atom. The second kappa shape index (κ2) is 7.17. The third kappa shape index (κ3) is 4.20. The van der Waals surface area contributed by atoms with Gasteiger partial charge < -0.3 is 10.6 Å². The van der Waals surface area contributed by atoms with Gasteiger partial charge in [-0.3, -0.25) is 0 Å². The van der Waals surface area contributed by atoms with Crippen LogP contribution in [-0.2, 0) is 6.18 Å². The van der Waals surface area contributed by atoms with Gasteiger partial charge in [-0.15, -0.1) is 0 Å². The summed E-state index contributed by atoms with van der Waals surface area (Å²) in [6.07, 6.45) is -4.07. The third-order valence-electron chi connectivity index (χ3n) is 3.32. The molecule has 0 saturated heterocycles. The zero-order valence-corrected chi connectivity index (χ0v) is 13.7. The van der Waals surface area contributed by atoms with Crippen LogP contribution < -0.4 is 10.6 Å². The van der Waals surface area contributed by atoms with Crippen molar-refractivity contribution in [3.8, 4) is 0 Å². The van der Waals surface area contributed by atoms with Gasteiger partial charge in [-0.1, -0.05) is 23.7 Å². The van der Waals surface area contributed by atoms with Gasteiger partial charge in [0.25, 0.3) is 0 Å². The smallest absolute Gasteiger partial charge is 0.337 e. The van der Waals surface area contributed by atoms with Gasteiger partial charge in [-0.25, -0.2) is 9.37 Å². The van der Waals surface area contributed by atoms with E-state index < -0.39 is 23.4 Å². The number of alkyl halides is 3. The molecule has 0 atom stereocenters. The van der Waals surface area contributed by atoms with E-state index in [1.165, 1.54) is 18.2 Å². The summed E-state index contributed by atoms with van der Waals surface area (Å²) in [4.78, 5) is 7.52. The number of hydrogen-bond donors (Lipinski definition) is 2. The molecular weight excluding hydrogens is 372 g/mol. The average molecular weight is 383 g/mol. The van der Waals surface area contributed by atoms with Crippen LogP contribution in [0, 0.1) is 5.82 Å². The first-order valence-electron chi connectivity index (χ1n) is 7.31. The van der Waals surface area contributed by atoms with Crippen molar-refractivity contribution in [1.82, 2.24) is 9.97 Å². The predicted octanol–water partition coefficient (Wildman–Crippen LogP) is 5.78. The highest BCUT2D eigenvalue weighted by atomic mass is 35.5. The second-order valence-electron chi connectivity index (χ2n) is 5.19. The largest absolute Gasteiger partial charge is 0.421 e. The topological polar surface area (TPSA) is 49.8 Å². The summed E-state index contributed by atoms with van der Waals surface area (Å²) in [5.41, 5.74) is -0.706. The Bertz CT molecular complexity index is 913. The number of rotatable bonds is 4. The van der Waals surface area contributed by atoms with Crippen LogP contribution >= 0.6 is 11.6 Å². The summed E-state index contributed by atoms with van der Waals surface area (Å²) in [6, 6.07) is 11.8. The molecule has 9 heteroatoms. The molecule has 0 aliphatic carbocycles. The highest BCUT2D eigenvalue weighted by molar-refractivity contribution is 6.30. The molecule has 2 aromatic carbocycles. The van der Waals surface area contributed by atoms with Crippen LogP contribution in [0.25, 0.3) is 0 Å². The van der Waals surface area contributed by atoms with Crippen molar-refractivity contribution in [3.63, 3.8) is 0 Å². The number of anilines is 4. The van der Waals surface area contributed by atoms with Crippen molar-refractivity contribution in [2.75, 3.05) is 10.6 Å². The van der Waals surface area contributed by atoms with E-state index in [0.29, 0.717) is 16.9 Å². The average Bonchev–Trinajstić information content (AvgIpc) is 2.58. The molecule has 2 N–H and O–H groups in total. The van der Waals surface area contributed by atoms with Gasteiger partial charge in [0.2, 0.25) is 5.95 Å².